The monoisotopic (exact) mass is 708 g/mol. The van der Waals surface area contributed by atoms with Crippen LogP contribution < -0.4 is 31.3 Å². The van der Waals surface area contributed by atoms with Gasteiger partial charge in [0.05, 0.1) is 12.2 Å². The Morgan fingerprint density at radius 3 is 2.33 bits per heavy atom. The molecule has 6 N–H and O–H groups in total. The highest BCUT2D eigenvalue weighted by Gasteiger charge is 2.44. The minimum atomic E-state index is -1.48. The van der Waals surface area contributed by atoms with Crippen LogP contribution in [0.4, 0.5) is 0 Å². The Bertz CT molecular complexity index is 1540. The van der Waals surface area contributed by atoms with Gasteiger partial charge >= 0.3 is 0 Å². The minimum absolute atomic E-state index is 0.0247. The van der Waals surface area contributed by atoms with Crippen molar-refractivity contribution in [2.45, 2.75) is 89.4 Å². The summed E-state index contributed by atoms with van der Waals surface area (Å²) < 4.78 is 11.1. The van der Waals surface area contributed by atoms with Crippen LogP contribution in [-0.2, 0) is 46.3 Å². The van der Waals surface area contributed by atoms with E-state index < -0.39 is 78.4 Å². The van der Waals surface area contributed by atoms with Crippen LogP contribution in [0.15, 0.2) is 54.6 Å². The van der Waals surface area contributed by atoms with Crippen LogP contribution >= 0.6 is 0 Å². The molecule has 15 heteroatoms. The van der Waals surface area contributed by atoms with Crippen LogP contribution in [-0.4, -0.2) is 114 Å². The van der Waals surface area contributed by atoms with Gasteiger partial charge in [0.15, 0.2) is 6.61 Å². The Labute approximate surface area is 297 Å². The molecule has 0 aromatic heterocycles. The third kappa shape index (κ3) is 11.5. The summed E-state index contributed by atoms with van der Waals surface area (Å²) in [5.41, 5.74) is 1.63. The van der Waals surface area contributed by atoms with Crippen molar-refractivity contribution in [3.63, 3.8) is 0 Å². The average Bonchev–Trinajstić information content (AvgIpc) is 3.52. The third-order valence-corrected chi connectivity index (χ3v) is 8.54. The van der Waals surface area contributed by atoms with E-state index >= 15 is 0 Å². The predicted octanol–water partition coefficient (Wildman–Crippen LogP) is -0.654. The van der Waals surface area contributed by atoms with E-state index in [1.54, 1.807) is 62.4 Å². The van der Waals surface area contributed by atoms with E-state index in [0.717, 1.165) is 11.1 Å². The van der Waals surface area contributed by atoms with Crippen molar-refractivity contribution in [3.05, 3.63) is 65.7 Å². The number of carbonyl (C=O) groups excluding carboxylic acids is 6. The molecule has 1 fully saturated rings. The Morgan fingerprint density at radius 1 is 0.961 bits per heavy atom. The zero-order valence-corrected chi connectivity index (χ0v) is 29.3. The molecule has 0 saturated carbocycles. The number of nitrogens with zero attached hydrogens (tertiary/aromatic N) is 1. The number of ether oxygens (including phenoxy) is 2. The van der Waals surface area contributed by atoms with Gasteiger partial charge in [0.25, 0.3) is 5.91 Å². The second kappa shape index (κ2) is 18.3. The molecule has 5 rings (SSSR count). The molecule has 1 saturated heterocycles. The molecule has 2 aromatic carbocycles. The van der Waals surface area contributed by atoms with Crippen LogP contribution in [0.5, 0.6) is 5.75 Å². The summed E-state index contributed by atoms with van der Waals surface area (Å²) in [7, 11) is 0. The first kappa shape index (κ1) is 38.8. The molecule has 3 heterocycles. The number of benzene rings is 2. The third-order valence-electron chi connectivity index (χ3n) is 8.54. The molecular formula is C36H48N6O9. The maximum atomic E-state index is 14.4. The molecule has 51 heavy (non-hydrogen) atoms. The lowest BCUT2D eigenvalue weighted by atomic mass is 10.0. The number of aliphatic hydroxyl groups excluding tert-OH is 1. The molecule has 2 aromatic rings. The Morgan fingerprint density at radius 2 is 1.67 bits per heavy atom. The van der Waals surface area contributed by atoms with Crippen molar-refractivity contribution in [2.75, 3.05) is 26.3 Å². The van der Waals surface area contributed by atoms with Gasteiger partial charge in [-0.05, 0) is 63.8 Å². The quantitative estimate of drug-likeness (QED) is 0.202. The number of hydrogen-bond acceptors (Lipinski definition) is 9. The topological polar surface area (TPSA) is 204 Å². The molecule has 0 aliphatic carbocycles. The first-order chi connectivity index (χ1) is 24.3. The molecular weight excluding hydrogens is 660 g/mol. The van der Waals surface area contributed by atoms with Crippen molar-refractivity contribution >= 4 is 35.4 Å². The lowest BCUT2D eigenvalue weighted by Gasteiger charge is -2.30. The molecule has 0 radical (unpaired) electrons. The number of nitrogens with one attached hydrogen (secondary N) is 5. The average molecular weight is 709 g/mol. The lowest BCUT2D eigenvalue weighted by Crippen LogP contribution is -2.60. The standard InChI is InChI=1S/C36H48N6O9/c1-21(2)50-19-30(44)39-26-17-29-34(47)41-32(23(4)43)35(48)38-22(3)33(46)37-15-14-24-10-12-27(13-11-24)51-20-31(45)40-28(36(49)42(29)18-26)16-25-8-6-5-7-9-25/h5-13,21-23,26,28-29,32,43H,14-20H2,1-4H3,(H,37,46)(H,38,48)(H,39,44)(H,40,45)(H,41,47)/t22-,23+,26-,28-,29-,32-/m0/s1. The summed E-state index contributed by atoms with van der Waals surface area (Å²) in [5, 5.41) is 23.9. The molecule has 0 spiro atoms. The molecule has 0 unspecified atom stereocenters. The summed E-state index contributed by atoms with van der Waals surface area (Å²) >= 11 is 0. The summed E-state index contributed by atoms with van der Waals surface area (Å²) in [6.07, 6.45) is -1.04. The van der Waals surface area contributed by atoms with E-state index in [-0.39, 0.29) is 38.6 Å². The molecule has 276 valence electrons. The molecule has 15 nitrogen and oxygen atoms in total. The van der Waals surface area contributed by atoms with E-state index in [4.69, 9.17) is 9.47 Å². The number of rotatable bonds is 7. The zero-order chi connectivity index (χ0) is 37.1. The number of aliphatic hydroxyl groups is 1. The maximum Gasteiger partial charge on any atom is 0.258 e. The Hall–Kier alpha value is -5.02. The van der Waals surface area contributed by atoms with Crippen LogP contribution in [0.2, 0.25) is 0 Å². The molecule has 2 bridgehead atoms. The van der Waals surface area contributed by atoms with Gasteiger partial charge in [-0.2, -0.15) is 0 Å². The first-order valence-corrected chi connectivity index (χ1v) is 17.1. The van der Waals surface area contributed by atoms with Crippen molar-refractivity contribution in [1.82, 2.24) is 31.5 Å². The van der Waals surface area contributed by atoms with Gasteiger partial charge < -0.3 is 46.1 Å². The van der Waals surface area contributed by atoms with Crippen molar-refractivity contribution < 1.29 is 43.3 Å². The highest BCUT2D eigenvalue weighted by Crippen LogP contribution is 2.22. The number of amides is 6. The molecule has 3 aliphatic heterocycles. The fourth-order valence-electron chi connectivity index (χ4n) is 5.84. The zero-order valence-electron chi connectivity index (χ0n) is 29.3. The smallest absolute Gasteiger partial charge is 0.258 e. The molecule has 3 aliphatic rings. The van der Waals surface area contributed by atoms with E-state index in [1.165, 1.54) is 18.7 Å². The summed E-state index contributed by atoms with van der Waals surface area (Å²) in [4.78, 5) is 81.5. The van der Waals surface area contributed by atoms with Crippen LogP contribution in [0.3, 0.4) is 0 Å². The highest BCUT2D eigenvalue weighted by atomic mass is 16.5. The summed E-state index contributed by atoms with van der Waals surface area (Å²) in [5.74, 6) is -3.24. The van der Waals surface area contributed by atoms with E-state index in [0.29, 0.717) is 12.2 Å². The second-order valence-electron chi connectivity index (χ2n) is 13.1. The van der Waals surface area contributed by atoms with E-state index in [9.17, 15) is 33.9 Å². The molecule has 6 atom stereocenters. The van der Waals surface area contributed by atoms with Gasteiger partial charge in [0.2, 0.25) is 29.5 Å². The fraction of sp³-hybridized carbons (Fsp3) is 0.500. The number of hydrogen-bond donors (Lipinski definition) is 6. The lowest BCUT2D eigenvalue weighted by molar-refractivity contribution is -0.143. The maximum absolute atomic E-state index is 14.4. The van der Waals surface area contributed by atoms with Crippen LogP contribution in [0, 0.1) is 0 Å². The van der Waals surface area contributed by atoms with Gasteiger partial charge in [-0.3, -0.25) is 28.8 Å². The normalized spacial score (nSPS) is 24.5. The summed E-state index contributed by atoms with van der Waals surface area (Å²) in [6, 6.07) is 10.5. The first-order valence-electron chi connectivity index (χ1n) is 17.1. The largest absolute Gasteiger partial charge is 0.484 e. The van der Waals surface area contributed by atoms with Gasteiger partial charge in [-0.25, -0.2) is 0 Å². The fourth-order valence-corrected chi connectivity index (χ4v) is 5.84. The predicted molar refractivity (Wildman–Crippen MR) is 185 cm³/mol. The molecule has 6 amide bonds. The minimum Gasteiger partial charge on any atom is -0.484 e. The second-order valence-corrected chi connectivity index (χ2v) is 13.1. The van der Waals surface area contributed by atoms with Gasteiger partial charge in [-0.15, -0.1) is 0 Å². The van der Waals surface area contributed by atoms with Crippen molar-refractivity contribution in [1.29, 1.82) is 0 Å². The number of fused-ring (bicyclic) bond motifs is 16. The van der Waals surface area contributed by atoms with E-state index in [1.807, 2.05) is 6.07 Å². The van der Waals surface area contributed by atoms with E-state index in [2.05, 4.69) is 26.6 Å². The SMILES string of the molecule is CC(C)OCC(=O)N[C@H]1C[C@H]2C(=O)N[C@@H]([C@@H](C)O)C(=O)N[C@@H](C)C(=O)NCCc3ccc(cc3)OCC(=O)N[C@@H](Cc3ccccc3)C(=O)N2C1. The van der Waals surface area contributed by atoms with Crippen molar-refractivity contribution in [2.24, 2.45) is 0 Å². The summed E-state index contributed by atoms with van der Waals surface area (Å²) in [6.45, 7) is 5.92. The van der Waals surface area contributed by atoms with Gasteiger partial charge in [0, 0.05) is 25.6 Å². The van der Waals surface area contributed by atoms with Crippen LogP contribution in [0.25, 0.3) is 0 Å². The van der Waals surface area contributed by atoms with Gasteiger partial charge in [0.1, 0.15) is 36.5 Å². The van der Waals surface area contributed by atoms with Crippen molar-refractivity contribution in [3.8, 4) is 5.75 Å². The van der Waals surface area contributed by atoms with Gasteiger partial charge in [-0.1, -0.05) is 42.5 Å². The Kier molecular flexibility index (Phi) is 13.9. The highest BCUT2D eigenvalue weighted by molar-refractivity contribution is 5.96. The van der Waals surface area contributed by atoms with Crippen LogP contribution in [0.1, 0.15) is 45.2 Å². The number of carbonyl (C=O) groups is 6. The Balaban J connectivity index is 1.66.